The first kappa shape index (κ1) is 15.1. The zero-order chi connectivity index (χ0) is 15.4. The molecule has 0 saturated carbocycles. The molecular formula is C16H16N2O2S2. The van der Waals surface area contributed by atoms with E-state index in [2.05, 4.69) is 10.3 Å². The molecule has 0 fully saturated rings. The lowest BCUT2D eigenvalue weighted by molar-refractivity contribution is -0.115. The summed E-state index contributed by atoms with van der Waals surface area (Å²) in [5.74, 6) is 1.58. The number of thiazole rings is 1. The Labute approximate surface area is 136 Å². The van der Waals surface area contributed by atoms with Crippen molar-refractivity contribution < 1.29 is 9.21 Å². The van der Waals surface area contributed by atoms with Gasteiger partial charge in [-0.2, -0.15) is 0 Å². The second-order valence-electron chi connectivity index (χ2n) is 4.76. The molecule has 1 amide bonds. The van der Waals surface area contributed by atoms with Crippen LogP contribution in [0.25, 0.3) is 10.2 Å². The average molecular weight is 332 g/mol. The van der Waals surface area contributed by atoms with Gasteiger partial charge in [0.2, 0.25) is 5.91 Å². The summed E-state index contributed by atoms with van der Waals surface area (Å²) in [5.41, 5.74) is 0.916. The van der Waals surface area contributed by atoms with Crippen molar-refractivity contribution in [1.29, 1.82) is 0 Å². The molecule has 114 valence electrons. The Kier molecular flexibility index (Phi) is 4.80. The summed E-state index contributed by atoms with van der Waals surface area (Å²) in [6.07, 6.45) is 2.42. The third-order valence-electron chi connectivity index (χ3n) is 3.19. The van der Waals surface area contributed by atoms with Crippen molar-refractivity contribution in [2.24, 2.45) is 0 Å². The summed E-state index contributed by atoms with van der Waals surface area (Å²) in [4.78, 5) is 16.8. The Morgan fingerprint density at radius 1 is 1.36 bits per heavy atom. The first-order valence-corrected chi connectivity index (χ1v) is 8.93. The number of furan rings is 1. The molecule has 4 nitrogen and oxygen atoms in total. The van der Waals surface area contributed by atoms with Crippen molar-refractivity contribution in [3.05, 3.63) is 48.4 Å². The molecule has 2 heterocycles. The van der Waals surface area contributed by atoms with Gasteiger partial charge in [-0.05, 0) is 30.7 Å². The number of amides is 1. The third-order valence-corrected chi connectivity index (χ3v) is 5.55. The predicted octanol–water partition coefficient (Wildman–Crippen LogP) is 4.54. The minimum Gasteiger partial charge on any atom is -0.468 e. The van der Waals surface area contributed by atoms with Crippen LogP contribution < -0.4 is 5.32 Å². The Balaban J connectivity index is 1.63. The van der Waals surface area contributed by atoms with Gasteiger partial charge in [0.15, 0.2) is 5.13 Å². The summed E-state index contributed by atoms with van der Waals surface area (Å²) in [5, 5.41) is 3.47. The summed E-state index contributed by atoms with van der Waals surface area (Å²) in [6, 6.07) is 11.7. The smallest absolute Gasteiger partial charge is 0.239 e. The van der Waals surface area contributed by atoms with Crippen molar-refractivity contribution >= 4 is 44.4 Å². The summed E-state index contributed by atoms with van der Waals surface area (Å²) < 4.78 is 6.38. The summed E-state index contributed by atoms with van der Waals surface area (Å²) in [7, 11) is 0. The molecule has 0 spiro atoms. The number of benzene rings is 1. The van der Waals surface area contributed by atoms with E-state index >= 15 is 0 Å². The summed E-state index contributed by atoms with van der Waals surface area (Å²) in [6.45, 7) is 2.01. The van der Waals surface area contributed by atoms with Crippen LogP contribution in [0, 0.1) is 0 Å². The van der Waals surface area contributed by atoms with Crippen LogP contribution in [0.2, 0.25) is 0 Å². The third kappa shape index (κ3) is 3.51. The molecule has 2 aromatic heterocycles. The van der Waals surface area contributed by atoms with Gasteiger partial charge in [0, 0.05) is 0 Å². The largest absolute Gasteiger partial charge is 0.468 e. The maximum Gasteiger partial charge on any atom is 0.239 e. The van der Waals surface area contributed by atoms with E-state index in [0.717, 1.165) is 22.4 Å². The van der Waals surface area contributed by atoms with Gasteiger partial charge in [0.1, 0.15) is 5.76 Å². The number of nitrogens with one attached hydrogen (secondary N) is 1. The van der Waals surface area contributed by atoms with Gasteiger partial charge < -0.3 is 9.73 Å². The molecule has 0 aliphatic carbocycles. The molecule has 6 heteroatoms. The van der Waals surface area contributed by atoms with Crippen LogP contribution >= 0.6 is 23.1 Å². The standard InChI is InChI=1S/C16H16N2O2S2/c1-2-13(21-10-11-6-5-9-20-11)15(19)18-16-17-12-7-3-4-8-14(12)22-16/h3-9,13H,2,10H2,1H3,(H,17,18,19). The number of hydrogen-bond donors (Lipinski definition) is 1. The first-order chi connectivity index (χ1) is 10.8. The van der Waals surface area contributed by atoms with Crippen LogP contribution in [-0.4, -0.2) is 16.1 Å². The highest BCUT2D eigenvalue weighted by atomic mass is 32.2. The number of hydrogen-bond acceptors (Lipinski definition) is 5. The number of fused-ring (bicyclic) bond motifs is 1. The molecule has 0 bridgehead atoms. The second kappa shape index (κ2) is 6.98. The van der Waals surface area contributed by atoms with E-state index in [-0.39, 0.29) is 11.2 Å². The van der Waals surface area contributed by atoms with Crippen molar-refractivity contribution in [2.45, 2.75) is 24.3 Å². The molecule has 0 aliphatic heterocycles. The Hall–Kier alpha value is -1.79. The van der Waals surface area contributed by atoms with Crippen LogP contribution in [0.3, 0.4) is 0 Å². The highest BCUT2D eigenvalue weighted by Crippen LogP contribution is 2.27. The van der Waals surface area contributed by atoms with Gasteiger partial charge >= 0.3 is 0 Å². The van der Waals surface area contributed by atoms with Gasteiger partial charge in [0.25, 0.3) is 0 Å². The second-order valence-corrected chi connectivity index (χ2v) is 6.98. The number of anilines is 1. The molecule has 3 rings (SSSR count). The minimum atomic E-state index is -0.114. The summed E-state index contributed by atoms with van der Waals surface area (Å²) >= 11 is 3.08. The highest BCUT2D eigenvalue weighted by Gasteiger charge is 2.19. The van der Waals surface area contributed by atoms with Crippen LogP contribution in [0.15, 0.2) is 47.1 Å². The van der Waals surface area contributed by atoms with E-state index in [1.807, 2.05) is 43.3 Å². The van der Waals surface area contributed by atoms with Gasteiger partial charge in [-0.3, -0.25) is 4.79 Å². The van der Waals surface area contributed by atoms with Gasteiger partial charge in [-0.1, -0.05) is 30.4 Å². The number of carbonyl (C=O) groups excluding carboxylic acids is 1. The van der Waals surface area contributed by atoms with Crippen LogP contribution in [-0.2, 0) is 10.5 Å². The highest BCUT2D eigenvalue weighted by molar-refractivity contribution is 7.99. The maximum atomic E-state index is 12.4. The monoisotopic (exact) mass is 332 g/mol. The fourth-order valence-electron chi connectivity index (χ4n) is 2.07. The van der Waals surface area contributed by atoms with Crippen molar-refractivity contribution in [3.8, 4) is 0 Å². The van der Waals surface area contributed by atoms with Crippen molar-refractivity contribution in [2.75, 3.05) is 5.32 Å². The van der Waals surface area contributed by atoms with E-state index in [1.54, 1.807) is 18.0 Å². The van der Waals surface area contributed by atoms with Crippen LogP contribution in [0.5, 0.6) is 0 Å². The van der Waals surface area contributed by atoms with Gasteiger partial charge in [-0.15, -0.1) is 11.8 Å². The molecule has 0 saturated heterocycles. The zero-order valence-electron chi connectivity index (χ0n) is 12.1. The number of nitrogens with zero attached hydrogens (tertiary/aromatic N) is 1. The van der Waals surface area contributed by atoms with Crippen LogP contribution in [0.1, 0.15) is 19.1 Å². The molecule has 1 atom stereocenters. The first-order valence-electron chi connectivity index (χ1n) is 7.06. The number of rotatable bonds is 6. The number of para-hydroxylation sites is 1. The normalized spacial score (nSPS) is 12.4. The average Bonchev–Trinajstić information content (AvgIpc) is 3.16. The van der Waals surface area contributed by atoms with E-state index in [9.17, 15) is 4.79 Å². The SMILES string of the molecule is CCC(SCc1ccco1)C(=O)Nc1nc2ccccc2s1. The topological polar surface area (TPSA) is 55.1 Å². The van der Waals surface area contributed by atoms with E-state index in [1.165, 1.54) is 11.3 Å². The van der Waals surface area contributed by atoms with Gasteiger partial charge in [0.05, 0.1) is 27.5 Å². The molecule has 1 aromatic carbocycles. The molecule has 1 unspecified atom stereocenters. The van der Waals surface area contributed by atoms with Crippen molar-refractivity contribution in [3.63, 3.8) is 0 Å². The number of thioether (sulfide) groups is 1. The quantitative estimate of drug-likeness (QED) is 0.720. The Morgan fingerprint density at radius 2 is 2.23 bits per heavy atom. The van der Waals surface area contributed by atoms with E-state index in [0.29, 0.717) is 10.9 Å². The van der Waals surface area contributed by atoms with E-state index in [4.69, 9.17) is 4.42 Å². The minimum absolute atomic E-state index is 0.00175. The van der Waals surface area contributed by atoms with Crippen LogP contribution in [0.4, 0.5) is 5.13 Å². The Bertz CT molecular complexity index is 719. The lowest BCUT2D eigenvalue weighted by atomic mass is 10.3. The predicted molar refractivity (Wildman–Crippen MR) is 92.3 cm³/mol. The molecule has 0 aliphatic rings. The van der Waals surface area contributed by atoms with Gasteiger partial charge in [-0.25, -0.2) is 4.98 Å². The molecular weight excluding hydrogens is 316 g/mol. The lowest BCUT2D eigenvalue weighted by Crippen LogP contribution is -2.24. The van der Waals surface area contributed by atoms with E-state index < -0.39 is 0 Å². The lowest BCUT2D eigenvalue weighted by Gasteiger charge is -2.12. The van der Waals surface area contributed by atoms with Crippen molar-refractivity contribution in [1.82, 2.24) is 4.98 Å². The zero-order valence-corrected chi connectivity index (χ0v) is 13.7. The fourth-order valence-corrected chi connectivity index (χ4v) is 3.91. The molecule has 1 N–H and O–H groups in total. The molecule has 0 radical (unpaired) electrons. The number of carbonyl (C=O) groups is 1. The maximum absolute atomic E-state index is 12.4. The molecule has 3 aromatic rings. The fraction of sp³-hybridized carbons (Fsp3) is 0.250. The number of aromatic nitrogens is 1. The molecule has 22 heavy (non-hydrogen) atoms. The Morgan fingerprint density at radius 3 is 2.95 bits per heavy atom.